The number of amides is 1. The lowest BCUT2D eigenvalue weighted by Gasteiger charge is -2.34. The normalized spacial score (nSPS) is 20.8. The minimum Gasteiger partial charge on any atom is -0.396 e. The molecule has 5 nitrogen and oxygen atoms in total. The Bertz CT molecular complexity index is 586. The number of carbonyl (C=O) groups excluding carboxylic acids is 1. The molecule has 0 aliphatic heterocycles. The zero-order valence-electron chi connectivity index (χ0n) is 11.8. The van der Waals surface area contributed by atoms with E-state index < -0.39 is 0 Å². The average molecular weight is 285 g/mol. The Kier molecular flexibility index (Phi) is 4.01. The van der Waals surface area contributed by atoms with Crippen LogP contribution in [0.1, 0.15) is 18.4 Å². The number of nitrogens with one attached hydrogen (secondary N) is 1. The van der Waals surface area contributed by atoms with E-state index in [1.165, 1.54) is 0 Å². The molecule has 110 valence electrons. The van der Waals surface area contributed by atoms with E-state index in [1.54, 1.807) is 12.5 Å². The van der Waals surface area contributed by atoms with E-state index in [9.17, 15) is 4.79 Å². The Morgan fingerprint density at radius 2 is 2.10 bits per heavy atom. The Hall–Kier alpha value is -2.14. The van der Waals surface area contributed by atoms with Crippen molar-refractivity contribution in [2.75, 3.05) is 6.61 Å². The molecule has 3 rings (SSSR count). The molecule has 5 heteroatoms. The highest BCUT2D eigenvalue weighted by atomic mass is 16.3. The van der Waals surface area contributed by atoms with E-state index in [0.29, 0.717) is 12.3 Å². The van der Waals surface area contributed by atoms with Crippen LogP contribution in [-0.4, -0.2) is 33.2 Å². The molecular weight excluding hydrogens is 266 g/mol. The van der Waals surface area contributed by atoms with Gasteiger partial charge >= 0.3 is 0 Å². The van der Waals surface area contributed by atoms with Crippen LogP contribution in [0, 0.1) is 5.92 Å². The van der Waals surface area contributed by atoms with Crippen LogP contribution in [-0.2, 0) is 11.2 Å². The van der Waals surface area contributed by atoms with Crippen LogP contribution >= 0.6 is 0 Å². The SMILES string of the molecule is O=C(Cc1ccc(-n2ccnc2)cc1)NC1CC(CO)C1. The minimum absolute atomic E-state index is 0.0479. The van der Waals surface area contributed by atoms with Crippen molar-refractivity contribution in [2.45, 2.75) is 25.3 Å². The fourth-order valence-corrected chi connectivity index (χ4v) is 2.66. The van der Waals surface area contributed by atoms with Gasteiger partial charge in [-0.1, -0.05) is 12.1 Å². The number of carbonyl (C=O) groups is 1. The monoisotopic (exact) mass is 285 g/mol. The van der Waals surface area contributed by atoms with E-state index in [0.717, 1.165) is 24.1 Å². The lowest BCUT2D eigenvalue weighted by atomic mass is 9.81. The van der Waals surface area contributed by atoms with Crippen molar-refractivity contribution in [2.24, 2.45) is 5.92 Å². The number of aliphatic hydroxyl groups excluding tert-OH is 1. The number of hydrogen-bond acceptors (Lipinski definition) is 3. The van der Waals surface area contributed by atoms with Gasteiger partial charge in [-0.15, -0.1) is 0 Å². The summed E-state index contributed by atoms with van der Waals surface area (Å²) in [5.74, 6) is 0.413. The van der Waals surface area contributed by atoms with E-state index in [1.807, 2.05) is 35.0 Å². The minimum atomic E-state index is 0.0479. The maximum atomic E-state index is 11.9. The Morgan fingerprint density at radius 3 is 2.71 bits per heavy atom. The molecule has 0 atom stereocenters. The van der Waals surface area contributed by atoms with Gasteiger partial charge in [0, 0.05) is 30.7 Å². The highest BCUT2D eigenvalue weighted by Crippen LogP contribution is 2.26. The van der Waals surface area contributed by atoms with Gasteiger partial charge in [0.15, 0.2) is 0 Å². The second kappa shape index (κ2) is 6.10. The first-order chi connectivity index (χ1) is 10.2. The topological polar surface area (TPSA) is 67.2 Å². The number of rotatable bonds is 5. The van der Waals surface area contributed by atoms with Gasteiger partial charge in [-0.2, -0.15) is 0 Å². The van der Waals surface area contributed by atoms with Gasteiger partial charge in [0.2, 0.25) is 5.91 Å². The molecule has 1 amide bonds. The third kappa shape index (κ3) is 3.31. The predicted molar refractivity (Wildman–Crippen MR) is 79.0 cm³/mol. The summed E-state index contributed by atoms with van der Waals surface area (Å²) in [7, 11) is 0. The van der Waals surface area contributed by atoms with E-state index in [-0.39, 0.29) is 18.6 Å². The Balaban J connectivity index is 1.52. The van der Waals surface area contributed by atoms with Crippen molar-refractivity contribution >= 4 is 5.91 Å². The van der Waals surface area contributed by atoms with Crippen molar-refractivity contribution in [1.29, 1.82) is 0 Å². The smallest absolute Gasteiger partial charge is 0.224 e. The average Bonchev–Trinajstić information content (AvgIpc) is 2.97. The molecule has 0 spiro atoms. The molecule has 2 N–H and O–H groups in total. The van der Waals surface area contributed by atoms with E-state index in [4.69, 9.17) is 5.11 Å². The van der Waals surface area contributed by atoms with Gasteiger partial charge in [-0.25, -0.2) is 4.98 Å². The summed E-state index contributed by atoms with van der Waals surface area (Å²) in [5.41, 5.74) is 2.02. The van der Waals surface area contributed by atoms with Crippen LogP contribution in [0.4, 0.5) is 0 Å². The van der Waals surface area contributed by atoms with Gasteiger partial charge in [0.05, 0.1) is 12.7 Å². The van der Waals surface area contributed by atoms with Crippen molar-refractivity contribution in [3.8, 4) is 5.69 Å². The molecule has 0 saturated heterocycles. The summed E-state index contributed by atoms with van der Waals surface area (Å²) in [5, 5.41) is 12.0. The van der Waals surface area contributed by atoms with Crippen LogP contribution in [0.5, 0.6) is 0 Å². The first-order valence-corrected chi connectivity index (χ1v) is 7.22. The summed E-state index contributed by atoms with van der Waals surface area (Å²) in [6, 6.07) is 8.13. The molecule has 2 aromatic rings. The zero-order valence-corrected chi connectivity index (χ0v) is 11.8. The number of hydrogen-bond donors (Lipinski definition) is 2. The summed E-state index contributed by atoms with van der Waals surface area (Å²) < 4.78 is 1.92. The van der Waals surface area contributed by atoms with Crippen LogP contribution in [0.25, 0.3) is 5.69 Å². The van der Waals surface area contributed by atoms with Crippen molar-refractivity contribution in [3.05, 3.63) is 48.5 Å². The summed E-state index contributed by atoms with van der Waals surface area (Å²) in [6.07, 6.45) is 7.54. The van der Waals surface area contributed by atoms with Gasteiger partial charge in [0.1, 0.15) is 0 Å². The third-order valence-electron chi connectivity index (χ3n) is 3.96. The molecule has 1 aromatic carbocycles. The molecule has 21 heavy (non-hydrogen) atoms. The predicted octanol–water partition coefficient (Wildman–Crippen LogP) is 1.30. The summed E-state index contributed by atoms with van der Waals surface area (Å²) >= 11 is 0. The summed E-state index contributed by atoms with van der Waals surface area (Å²) in [4.78, 5) is 15.9. The van der Waals surface area contributed by atoms with E-state index >= 15 is 0 Å². The molecule has 1 aromatic heterocycles. The largest absolute Gasteiger partial charge is 0.396 e. The number of aliphatic hydroxyl groups is 1. The van der Waals surface area contributed by atoms with Crippen LogP contribution in [0.15, 0.2) is 43.0 Å². The molecule has 0 unspecified atom stereocenters. The number of aromatic nitrogens is 2. The molecule has 0 bridgehead atoms. The molecule has 1 aliphatic carbocycles. The molecule has 1 heterocycles. The number of nitrogens with zero attached hydrogens (tertiary/aromatic N) is 2. The Morgan fingerprint density at radius 1 is 1.33 bits per heavy atom. The lowest BCUT2D eigenvalue weighted by molar-refractivity contribution is -0.122. The Labute approximate surface area is 123 Å². The standard InChI is InChI=1S/C16H19N3O2/c20-10-13-7-14(8-13)18-16(21)9-12-1-3-15(4-2-12)19-6-5-17-11-19/h1-6,11,13-14,20H,7-10H2,(H,18,21). The second-order valence-electron chi connectivity index (χ2n) is 5.60. The van der Waals surface area contributed by atoms with E-state index in [2.05, 4.69) is 10.3 Å². The highest BCUT2D eigenvalue weighted by Gasteiger charge is 2.29. The first kappa shape index (κ1) is 13.8. The van der Waals surface area contributed by atoms with Gasteiger partial charge in [-0.05, 0) is 36.5 Å². The number of imidazole rings is 1. The molecule has 1 fully saturated rings. The molecule has 1 saturated carbocycles. The third-order valence-corrected chi connectivity index (χ3v) is 3.96. The molecule has 1 aliphatic rings. The van der Waals surface area contributed by atoms with Gasteiger partial charge < -0.3 is 15.0 Å². The maximum Gasteiger partial charge on any atom is 0.224 e. The van der Waals surface area contributed by atoms with Gasteiger partial charge in [-0.3, -0.25) is 4.79 Å². The van der Waals surface area contributed by atoms with Crippen LogP contribution < -0.4 is 5.32 Å². The van der Waals surface area contributed by atoms with Crippen LogP contribution in [0.2, 0.25) is 0 Å². The fourth-order valence-electron chi connectivity index (χ4n) is 2.66. The quantitative estimate of drug-likeness (QED) is 0.870. The maximum absolute atomic E-state index is 11.9. The molecular formula is C16H19N3O2. The van der Waals surface area contributed by atoms with Crippen molar-refractivity contribution in [3.63, 3.8) is 0 Å². The summed E-state index contributed by atoms with van der Waals surface area (Å²) in [6.45, 7) is 0.224. The second-order valence-corrected chi connectivity index (χ2v) is 5.60. The first-order valence-electron chi connectivity index (χ1n) is 7.22. The van der Waals surface area contributed by atoms with Gasteiger partial charge in [0.25, 0.3) is 0 Å². The van der Waals surface area contributed by atoms with Crippen molar-refractivity contribution in [1.82, 2.24) is 14.9 Å². The number of benzene rings is 1. The highest BCUT2D eigenvalue weighted by molar-refractivity contribution is 5.79. The molecule has 0 radical (unpaired) electrons. The fraction of sp³-hybridized carbons (Fsp3) is 0.375. The van der Waals surface area contributed by atoms with Crippen molar-refractivity contribution < 1.29 is 9.90 Å². The lowest BCUT2D eigenvalue weighted by Crippen LogP contribution is -2.45. The van der Waals surface area contributed by atoms with Crippen LogP contribution in [0.3, 0.4) is 0 Å². The zero-order chi connectivity index (χ0) is 14.7.